The Morgan fingerprint density at radius 1 is 1.06 bits per heavy atom. The molecule has 0 fully saturated rings. The van der Waals surface area contributed by atoms with Crippen LogP contribution in [-0.4, -0.2) is 46.7 Å². The molecule has 0 saturated carbocycles. The lowest BCUT2D eigenvalue weighted by Gasteiger charge is -2.13. The highest BCUT2D eigenvalue weighted by molar-refractivity contribution is 6.33. The first-order chi connectivity index (χ1) is 15.2. The van der Waals surface area contributed by atoms with Crippen molar-refractivity contribution < 1.29 is 24.2 Å². The SMILES string of the molecule is N=C(N)c1ccc(CC(=O)C(=O)O)c(OCCNC(=O)c2ccc3nc(N)ccc3c2)c1. The average molecular weight is 435 g/mol. The van der Waals surface area contributed by atoms with Crippen molar-refractivity contribution in [3.63, 3.8) is 0 Å². The van der Waals surface area contributed by atoms with Crippen LogP contribution < -0.4 is 21.5 Å². The van der Waals surface area contributed by atoms with E-state index in [4.69, 9.17) is 26.7 Å². The second-order valence-electron chi connectivity index (χ2n) is 6.89. The zero-order valence-electron chi connectivity index (χ0n) is 16.9. The highest BCUT2D eigenvalue weighted by Gasteiger charge is 2.16. The third kappa shape index (κ3) is 5.36. The van der Waals surface area contributed by atoms with Crippen molar-refractivity contribution in [1.82, 2.24) is 10.3 Å². The number of nitrogens with zero attached hydrogens (tertiary/aromatic N) is 1. The predicted molar refractivity (Wildman–Crippen MR) is 118 cm³/mol. The Hall–Kier alpha value is -4.47. The van der Waals surface area contributed by atoms with Gasteiger partial charge in [-0.05, 0) is 36.4 Å². The minimum Gasteiger partial charge on any atom is -0.491 e. The van der Waals surface area contributed by atoms with Gasteiger partial charge in [0, 0.05) is 28.5 Å². The maximum Gasteiger partial charge on any atom is 0.372 e. The first kappa shape index (κ1) is 22.2. The zero-order chi connectivity index (χ0) is 23.3. The highest BCUT2D eigenvalue weighted by atomic mass is 16.5. The molecular formula is C22H21N5O5. The summed E-state index contributed by atoms with van der Waals surface area (Å²) in [7, 11) is 0. The van der Waals surface area contributed by atoms with Crippen LogP contribution in [0.2, 0.25) is 0 Å². The van der Waals surface area contributed by atoms with E-state index in [1.807, 2.05) is 0 Å². The second-order valence-corrected chi connectivity index (χ2v) is 6.89. The van der Waals surface area contributed by atoms with Crippen molar-refractivity contribution in [2.45, 2.75) is 6.42 Å². The lowest BCUT2D eigenvalue weighted by atomic mass is 10.0. The number of Topliss-reactive ketones (excluding diaryl/α,β-unsaturated/α-hetero) is 1. The van der Waals surface area contributed by atoms with Gasteiger partial charge in [-0.25, -0.2) is 9.78 Å². The summed E-state index contributed by atoms with van der Waals surface area (Å²) in [5.41, 5.74) is 13.0. The summed E-state index contributed by atoms with van der Waals surface area (Å²) >= 11 is 0. The maximum absolute atomic E-state index is 12.4. The molecule has 1 heterocycles. The van der Waals surface area contributed by atoms with E-state index < -0.39 is 11.8 Å². The normalized spacial score (nSPS) is 10.5. The number of amidine groups is 1. The number of nitrogen functional groups attached to an aromatic ring is 2. The molecule has 0 spiro atoms. The molecule has 0 aliphatic rings. The molecule has 0 radical (unpaired) electrons. The summed E-state index contributed by atoms with van der Waals surface area (Å²) < 4.78 is 5.64. The molecule has 10 heteroatoms. The van der Waals surface area contributed by atoms with Crippen LogP contribution in [-0.2, 0) is 16.0 Å². The number of nitrogens with one attached hydrogen (secondary N) is 2. The van der Waals surface area contributed by atoms with Crippen molar-refractivity contribution in [2.24, 2.45) is 5.73 Å². The number of fused-ring (bicyclic) bond motifs is 1. The number of aliphatic carboxylic acids is 1. The minimum absolute atomic E-state index is 0.0486. The highest BCUT2D eigenvalue weighted by Crippen LogP contribution is 2.22. The molecule has 1 amide bonds. The van der Waals surface area contributed by atoms with Crippen molar-refractivity contribution in [1.29, 1.82) is 5.41 Å². The number of pyridine rings is 1. The number of carboxylic acid groups (broad SMARTS) is 1. The summed E-state index contributed by atoms with van der Waals surface area (Å²) in [6, 6.07) is 12.9. The van der Waals surface area contributed by atoms with Crippen LogP contribution >= 0.6 is 0 Å². The zero-order valence-corrected chi connectivity index (χ0v) is 16.9. The van der Waals surface area contributed by atoms with E-state index in [0.717, 1.165) is 5.39 Å². The van der Waals surface area contributed by atoms with Gasteiger partial charge in [0.2, 0.25) is 5.78 Å². The Morgan fingerprint density at radius 3 is 2.53 bits per heavy atom. The number of benzene rings is 2. The fraction of sp³-hybridized carbons (Fsp3) is 0.136. The Labute approximate surface area is 182 Å². The molecule has 0 atom stereocenters. The summed E-state index contributed by atoms with van der Waals surface area (Å²) in [4.78, 5) is 39.1. The van der Waals surface area contributed by atoms with Gasteiger partial charge < -0.3 is 26.6 Å². The number of hydrogen-bond acceptors (Lipinski definition) is 7. The molecule has 0 aliphatic carbocycles. The van der Waals surface area contributed by atoms with E-state index in [0.29, 0.717) is 28.0 Å². The number of rotatable bonds is 9. The minimum atomic E-state index is -1.55. The van der Waals surface area contributed by atoms with Crippen LogP contribution in [0.4, 0.5) is 5.82 Å². The molecule has 0 unspecified atom stereocenters. The smallest absolute Gasteiger partial charge is 0.372 e. The number of hydrogen-bond donors (Lipinski definition) is 5. The van der Waals surface area contributed by atoms with Gasteiger partial charge in [-0.1, -0.05) is 12.1 Å². The number of nitrogens with two attached hydrogens (primary N) is 2. The van der Waals surface area contributed by atoms with Crippen LogP contribution in [0.1, 0.15) is 21.5 Å². The first-order valence-electron chi connectivity index (χ1n) is 9.55. The van der Waals surface area contributed by atoms with Gasteiger partial charge in [-0.3, -0.25) is 15.0 Å². The number of ether oxygens (including phenoxy) is 1. The predicted octanol–water partition coefficient (Wildman–Crippen LogP) is 1.11. The molecule has 10 nitrogen and oxygen atoms in total. The van der Waals surface area contributed by atoms with E-state index in [1.54, 1.807) is 30.3 Å². The third-order valence-electron chi connectivity index (χ3n) is 4.59. The summed E-state index contributed by atoms with van der Waals surface area (Å²) in [6.07, 6.45) is -0.370. The van der Waals surface area contributed by atoms with E-state index in [9.17, 15) is 14.4 Å². The van der Waals surface area contributed by atoms with Gasteiger partial charge in [0.1, 0.15) is 24.0 Å². The summed E-state index contributed by atoms with van der Waals surface area (Å²) in [5, 5.41) is 19.9. The van der Waals surface area contributed by atoms with Crippen LogP contribution in [0.15, 0.2) is 48.5 Å². The largest absolute Gasteiger partial charge is 0.491 e. The number of anilines is 1. The molecule has 7 N–H and O–H groups in total. The summed E-state index contributed by atoms with van der Waals surface area (Å²) in [6.45, 7) is 0.195. The number of carbonyl (C=O) groups is 3. The third-order valence-corrected chi connectivity index (χ3v) is 4.59. The number of aromatic nitrogens is 1. The molecule has 1 aromatic heterocycles. The van der Waals surface area contributed by atoms with Gasteiger partial charge in [0.25, 0.3) is 5.91 Å². The lowest BCUT2D eigenvalue weighted by molar-refractivity contribution is -0.148. The molecular weight excluding hydrogens is 414 g/mol. The summed E-state index contributed by atoms with van der Waals surface area (Å²) in [5.74, 6) is -2.45. The second kappa shape index (κ2) is 9.56. The van der Waals surface area contributed by atoms with Gasteiger partial charge in [-0.2, -0.15) is 0 Å². The molecule has 0 bridgehead atoms. The topological polar surface area (TPSA) is 181 Å². The molecule has 0 saturated heterocycles. The number of ketones is 1. The van der Waals surface area contributed by atoms with Gasteiger partial charge >= 0.3 is 5.97 Å². The van der Waals surface area contributed by atoms with Crippen LogP contribution in [0.25, 0.3) is 10.9 Å². The van der Waals surface area contributed by atoms with Crippen LogP contribution in [0.3, 0.4) is 0 Å². The molecule has 2 aromatic carbocycles. The Morgan fingerprint density at radius 2 is 1.81 bits per heavy atom. The number of amides is 1. The first-order valence-corrected chi connectivity index (χ1v) is 9.55. The van der Waals surface area contributed by atoms with Crippen molar-refractivity contribution in [2.75, 3.05) is 18.9 Å². The quantitative estimate of drug-likeness (QED) is 0.143. The molecule has 32 heavy (non-hydrogen) atoms. The van der Waals surface area contributed by atoms with E-state index in [1.165, 1.54) is 18.2 Å². The Bertz CT molecular complexity index is 1220. The molecule has 3 aromatic rings. The van der Waals surface area contributed by atoms with E-state index in [-0.39, 0.29) is 37.1 Å². The van der Waals surface area contributed by atoms with Crippen LogP contribution in [0.5, 0.6) is 5.75 Å². The molecule has 164 valence electrons. The maximum atomic E-state index is 12.4. The number of carbonyl (C=O) groups excluding carboxylic acids is 2. The standard InChI is InChI=1S/C22H21N5O5/c23-19-6-4-12-9-15(3-5-16(12)27-19)21(29)26-7-8-32-18-11-14(20(24)25)2-1-13(18)10-17(28)22(30)31/h1-6,9,11H,7-8,10H2,(H2,23,27)(H3,24,25)(H,26,29)(H,30,31). The van der Waals surface area contributed by atoms with E-state index >= 15 is 0 Å². The van der Waals surface area contributed by atoms with Gasteiger partial charge in [0.15, 0.2) is 0 Å². The molecule has 3 rings (SSSR count). The lowest BCUT2D eigenvalue weighted by Crippen LogP contribution is -2.28. The van der Waals surface area contributed by atoms with Gasteiger partial charge in [0.05, 0.1) is 12.1 Å². The van der Waals surface area contributed by atoms with Gasteiger partial charge in [-0.15, -0.1) is 0 Å². The average Bonchev–Trinajstić information content (AvgIpc) is 2.76. The number of carboxylic acids is 1. The molecule has 0 aliphatic heterocycles. The monoisotopic (exact) mass is 435 g/mol. The fourth-order valence-corrected chi connectivity index (χ4v) is 2.96. The Kier molecular flexibility index (Phi) is 6.64. The van der Waals surface area contributed by atoms with Crippen molar-refractivity contribution in [3.8, 4) is 5.75 Å². The van der Waals surface area contributed by atoms with Crippen molar-refractivity contribution in [3.05, 3.63) is 65.2 Å². The van der Waals surface area contributed by atoms with Crippen molar-refractivity contribution >= 4 is 40.2 Å². The fourth-order valence-electron chi connectivity index (χ4n) is 2.96. The van der Waals surface area contributed by atoms with E-state index in [2.05, 4.69) is 10.3 Å². The van der Waals surface area contributed by atoms with Crippen LogP contribution in [0, 0.1) is 5.41 Å². The Balaban J connectivity index is 1.64.